The molecule has 1 fully saturated rings. The van der Waals surface area contributed by atoms with Gasteiger partial charge < -0.3 is 0 Å². The summed E-state index contributed by atoms with van der Waals surface area (Å²) in [6.07, 6.45) is 6.59. The molecule has 0 saturated heterocycles. The minimum Gasteiger partial charge on any atom is -0.211 e. The summed E-state index contributed by atoms with van der Waals surface area (Å²) in [5, 5.41) is 0. The van der Waals surface area contributed by atoms with Crippen molar-refractivity contribution in [2.75, 3.05) is 0 Å². The van der Waals surface area contributed by atoms with E-state index in [2.05, 4.69) is 9.98 Å². The van der Waals surface area contributed by atoms with Crippen LogP contribution in [-0.2, 0) is 9.59 Å². The van der Waals surface area contributed by atoms with Crippen molar-refractivity contribution < 1.29 is 9.59 Å². The Balaban J connectivity index is 2.27. The normalized spacial score (nSPS) is 25.6. The van der Waals surface area contributed by atoms with Crippen LogP contribution in [0.1, 0.15) is 25.7 Å². The lowest BCUT2D eigenvalue weighted by molar-refractivity contribution is 0.532. The highest BCUT2D eigenvalue weighted by Crippen LogP contribution is 2.45. The van der Waals surface area contributed by atoms with Gasteiger partial charge in [0.05, 0.1) is 0 Å². The number of hydrogen-bond acceptors (Lipinski definition) is 4. The fourth-order valence-corrected chi connectivity index (χ4v) is 2.42. The summed E-state index contributed by atoms with van der Waals surface area (Å²) >= 11 is 0. The summed E-state index contributed by atoms with van der Waals surface area (Å²) in [7, 11) is 0. The molecule has 0 N–H and O–H groups in total. The van der Waals surface area contributed by atoms with Gasteiger partial charge in [0.1, 0.15) is 0 Å². The van der Waals surface area contributed by atoms with Gasteiger partial charge in [-0.15, -0.1) is 0 Å². The molecule has 0 radical (unpaired) electrons. The van der Waals surface area contributed by atoms with Gasteiger partial charge in [-0.1, -0.05) is 5.57 Å². The number of carbonyl (C=O) groups excluding carboxylic acids is 2. The number of rotatable bonds is 3. The van der Waals surface area contributed by atoms with Crippen LogP contribution < -0.4 is 0 Å². The summed E-state index contributed by atoms with van der Waals surface area (Å²) < 4.78 is 0. The second-order valence-corrected chi connectivity index (χ2v) is 3.76. The highest BCUT2D eigenvalue weighted by Gasteiger charge is 2.33. The van der Waals surface area contributed by atoms with E-state index >= 15 is 0 Å². The third-order valence-electron chi connectivity index (χ3n) is 3.01. The summed E-state index contributed by atoms with van der Waals surface area (Å²) in [4.78, 5) is 27.3. The van der Waals surface area contributed by atoms with Crippen LogP contribution in [0, 0.1) is 5.92 Å². The van der Waals surface area contributed by atoms with Crippen LogP contribution in [0.25, 0.3) is 0 Å². The van der Waals surface area contributed by atoms with Crippen LogP contribution in [0.5, 0.6) is 0 Å². The molecule has 0 heterocycles. The van der Waals surface area contributed by atoms with Crippen LogP contribution in [0.3, 0.4) is 0 Å². The van der Waals surface area contributed by atoms with Crippen molar-refractivity contribution in [1.29, 1.82) is 0 Å². The summed E-state index contributed by atoms with van der Waals surface area (Å²) in [6.45, 7) is 0. The molecule has 72 valence electrons. The molecule has 2 aliphatic carbocycles. The third-order valence-corrected chi connectivity index (χ3v) is 3.01. The molecule has 0 amide bonds. The van der Waals surface area contributed by atoms with Crippen molar-refractivity contribution in [1.82, 2.24) is 0 Å². The highest BCUT2D eigenvalue weighted by molar-refractivity contribution is 5.42. The first-order valence-electron chi connectivity index (χ1n) is 4.70. The molecule has 1 saturated carbocycles. The van der Waals surface area contributed by atoms with E-state index < -0.39 is 6.17 Å². The molecule has 0 aromatic heterocycles. The molecular weight excluding hydrogens is 180 g/mol. The van der Waals surface area contributed by atoms with E-state index in [1.165, 1.54) is 24.2 Å². The summed E-state index contributed by atoms with van der Waals surface area (Å²) in [5.41, 5.74) is 2.38. The van der Waals surface area contributed by atoms with Crippen molar-refractivity contribution in [2.24, 2.45) is 15.9 Å². The maximum Gasteiger partial charge on any atom is 0.237 e. The molecule has 0 spiro atoms. The predicted octanol–water partition coefficient (Wildman–Crippen LogP) is 1.48. The quantitative estimate of drug-likeness (QED) is 0.384. The monoisotopic (exact) mass is 190 g/mol. The number of fused-ring (bicyclic) bond motifs is 2. The smallest absolute Gasteiger partial charge is 0.211 e. The van der Waals surface area contributed by atoms with E-state index in [9.17, 15) is 9.59 Å². The van der Waals surface area contributed by atoms with Gasteiger partial charge in [0.15, 0.2) is 6.17 Å². The van der Waals surface area contributed by atoms with E-state index in [4.69, 9.17) is 0 Å². The average Bonchev–Trinajstić information content (AvgIpc) is 2.78. The van der Waals surface area contributed by atoms with Crippen LogP contribution in [0.2, 0.25) is 0 Å². The molecule has 0 aromatic rings. The van der Waals surface area contributed by atoms with Gasteiger partial charge in [0, 0.05) is 0 Å². The molecule has 0 aliphatic heterocycles. The van der Waals surface area contributed by atoms with Gasteiger partial charge in [-0.3, -0.25) is 0 Å². The molecule has 4 heteroatoms. The van der Waals surface area contributed by atoms with E-state index in [0.29, 0.717) is 5.92 Å². The van der Waals surface area contributed by atoms with E-state index in [1.807, 2.05) is 0 Å². The Kier molecular flexibility index (Phi) is 2.40. The van der Waals surface area contributed by atoms with Gasteiger partial charge in [-0.25, -0.2) is 9.59 Å². The molecule has 1 atom stereocenters. The molecule has 2 rings (SSSR count). The molecule has 2 aliphatic rings. The minimum absolute atomic E-state index is 0.634. The first-order chi connectivity index (χ1) is 6.85. The maximum atomic E-state index is 10.1. The first kappa shape index (κ1) is 9.07. The molecular formula is C10H10N2O2. The molecule has 0 aromatic carbocycles. The number of hydrogen-bond donors (Lipinski definition) is 0. The zero-order chi connectivity index (χ0) is 9.97. The molecule has 14 heavy (non-hydrogen) atoms. The van der Waals surface area contributed by atoms with E-state index in [1.54, 1.807) is 0 Å². The van der Waals surface area contributed by atoms with Gasteiger partial charge in [0.25, 0.3) is 0 Å². The van der Waals surface area contributed by atoms with Gasteiger partial charge in [-0.05, 0) is 37.2 Å². The minimum atomic E-state index is -0.634. The number of aliphatic imine (C=N–C) groups is 2. The Bertz CT molecular complexity index is 356. The van der Waals surface area contributed by atoms with Gasteiger partial charge >= 0.3 is 0 Å². The van der Waals surface area contributed by atoms with Crippen LogP contribution in [0.15, 0.2) is 21.1 Å². The van der Waals surface area contributed by atoms with Crippen LogP contribution >= 0.6 is 0 Å². The van der Waals surface area contributed by atoms with E-state index in [-0.39, 0.29) is 0 Å². The Labute approximate surface area is 81.4 Å². The number of nitrogens with zero attached hydrogens (tertiary/aromatic N) is 2. The third kappa shape index (κ3) is 1.46. The van der Waals surface area contributed by atoms with Crippen molar-refractivity contribution >= 4 is 12.2 Å². The predicted molar refractivity (Wildman–Crippen MR) is 49.0 cm³/mol. The number of allylic oxidation sites excluding steroid dienone is 1. The average molecular weight is 190 g/mol. The van der Waals surface area contributed by atoms with Crippen molar-refractivity contribution in [3.8, 4) is 0 Å². The summed E-state index contributed by atoms with van der Waals surface area (Å²) in [6, 6.07) is 0. The van der Waals surface area contributed by atoms with Crippen molar-refractivity contribution in [3.63, 3.8) is 0 Å². The second kappa shape index (κ2) is 3.70. The van der Waals surface area contributed by atoms with E-state index in [0.717, 1.165) is 24.8 Å². The first-order valence-corrected chi connectivity index (χ1v) is 4.70. The van der Waals surface area contributed by atoms with Gasteiger partial charge in [-0.2, -0.15) is 9.98 Å². The van der Waals surface area contributed by atoms with Crippen molar-refractivity contribution in [2.45, 2.75) is 31.8 Å². The lowest BCUT2D eigenvalue weighted by atomic mass is 9.97. The molecule has 4 nitrogen and oxygen atoms in total. The Morgan fingerprint density at radius 3 is 2.36 bits per heavy atom. The Morgan fingerprint density at radius 1 is 1.21 bits per heavy atom. The fraction of sp³-hybridized carbons (Fsp3) is 0.600. The van der Waals surface area contributed by atoms with Crippen LogP contribution in [0.4, 0.5) is 0 Å². The zero-order valence-corrected chi connectivity index (χ0v) is 7.69. The molecule has 2 bridgehead atoms. The SMILES string of the molecule is O=C=NC(N=C=O)C1=C2CCC(C2)C1. The second-order valence-electron chi connectivity index (χ2n) is 3.76. The largest absolute Gasteiger partial charge is 0.237 e. The van der Waals surface area contributed by atoms with Crippen LogP contribution in [-0.4, -0.2) is 18.3 Å². The number of isocyanates is 2. The standard InChI is InChI=1S/C10H10N2O2/c13-5-11-10(12-6-14)9-4-7-1-2-8(9)3-7/h7,10H,1-4H2. The summed E-state index contributed by atoms with van der Waals surface area (Å²) in [5.74, 6) is 0.686. The Morgan fingerprint density at radius 2 is 1.93 bits per heavy atom. The lowest BCUT2D eigenvalue weighted by Crippen LogP contribution is -2.08. The maximum absolute atomic E-state index is 10.1. The fourth-order valence-electron chi connectivity index (χ4n) is 2.42. The Hall–Kier alpha value is -1.50. The topological polar surface area (TPSA) is 58.9 Å². The zero-order valence-electron chi connectivity index (χ0n) is 7.69. The highest BCUT2D eigenvalue weighted by atomic mass is 16.1. The van der Waals surface area contributed by atoms with Gasteiger partial charge in [0.2, 0.25) is 12.2 Å². The molecule has 1 unspecified atom stereocenters. The van der Waals surface area contributed by atoms with Crippen molar-refractivity contribution in [3.05, 3.63) is 11.1 Å². The lowest BCUT2D eigenvalue weighted by Gasteiger charge is -2.13.